The molecule has 2 aromatic carbocycles. The van der Waals surface area contributed by atoms with Gasteiger partial charge in [0.2, 0.25) is 0 Å². The van der Waals surface area contributed by atoms with Gasteiger partial charge in [-0.25, -0.2) is 13.4 Å². The van der Waals surface area contributed by atoms with Crippen molar-refractivity contribution >= 4 is 26.6 Å². The summed E-state index contributed by atoms with van der Waals surface area (Å²) in [5, 5.41) is 0.502. The van der Waals surface area contributed by atoms with E-state index in [9.17, 15) is 18.0 Å². The standard InChI is InChI=1S/C20H21N3O4S/c1-3-23(12-18-21-17-7-5-4-6-16(17)19(24)22-18)20(25)15-10-8-14(9-11-15)13-28(2,26)27/h4-11H,3,12-13H2,1-2H3,(H,21,22,24). The topological polar surface area (TPSA) is 100 Å². The van der Waals surface area contributed by atoms with Crippen LogP contribution in [-0.4, -0.2) is 42.0 Å². The molecule has 146 valence electrons. The highest BCUT2D eigenvalue weighted by molar-refractivity contribution is 7.89. The second-order valence-electron chi connectivity index (χ2n) is 6.62. The molecule has 0 bridgehead atoms. The molecule has 1 N–H and O–H groups in total. The van der Waals surface area contributed by atoms with Crippen molar-refractivity contribution < 1.29 is 13.2 Å². The molecule has 0 radical (unpaired) electrons. The summed E-state index contributed by atoms with van der Waals surface area (Å²) < 4.78 is 22.8. The quantitative estimate of drug-likeness (QED) is 0.684. The molecule has 0 aliphatic rings. The second-order valence-corrected chi connectivity index (χ2v) is 8.76. The van der Waals surface area contributed by atoms with Gasteiger partial charge in [0.1, 0.15) is 5.82 Å². The lowest BCUT2D eigenvalue weighted by molar-refractivity contribution is 0.0748. The lowest BCUT2D eigenvalue weighted by Crippen LogP contribution is -2.32. The van der Waals surface area contributed by atoms with E-state index < -0.39 is 9.84 Å². The lowest BCUT2D eigenvalue weighted by Gasteiger charge is -2.20. The molecule has 7 nitrogen and oxygen atoms in total. The van der Waals surface area contributed by atoms with Gasteiger partial charge in [-0.05, 0) is 36.8 Å². The van der Waals surface area contributed by atoms with Crippen molar-refractivity contribution in [3.63, 3.8) is 0 Å². The molecule has 1 heterocycles. The molecule has 3 rings (SSSR count). The number of sulfone groups is 1. The van der Waals surface area contributed by atoms with Crippen LogP contribution in [0.1, 0.15) is 28.7 Å². The number of rotatable bonds is 6. The molecular weight excluding hydrogens is 378 g/mol. The van der Waals surface area contributed by atoms with Gasteiger partial charge in [-0.2, -0.15) is 0 Å². The number of fused-ring (bicyclic) bond motifs is 1. The van der Waals surface area contributed by atoms with Crippen molar-refractivity contribution in [1.29, 1.82) is 0 Å². The third-order valence-electron chi connectivity index (χ3n) is 4.30. The average molecular weight is 399 g/mol. The van der Waals surface area contributed by atoms with Crippen molar-refractivity contribution in [2.75, 3.05) is 12.8 Å². The van der Waals surface area contributed by atoms with E-state index in [1.54, 1.807) is 53.4 Å². The van der Waals surface area contributed by atoms with Gasteiger partial charge in [0.05, 0.1) is 23.2 Å². The SMILES string of the molecule is CCN(Cc1nc2ccccc2c(=O)[nH]1)C(=O)c1ccc(CS(C)(=O)=O)cc1. The smallest absolute Gasteiger partial charge is 0.258 e. The first-order chi connectivity index (χ1) is 13.3. The summed E-state index contributed by atoms with van der Waals surface area (Å²) in [5.41, 5.74) is 1.41. The van der Waals surface area contributed by atoms with Crippen molar-refractivity contribution in [3.05, 3.63) is 75.8 Å². The van der Waals surface area contributed by atoms with E-state index >= 15 is 0 Å². The molecule has 0 saturated heterocycles. The normalized spacial score (nSPS) is 11.5. The Labute approximate surface area is 163 Å². The van der Waals surface area contributed by atoms with Crippen LogP contribution in [-0.2, 0) is 22.1 Å². The number of nitrogens with one attached hydrogen (secondary N) is 1. The van der Waals surface area contributed by atoms with E-state index in [4.69, 9.17) is 0 Å². The lowest BCUT2D eigenvalue weighted by atomic mass is 10.1. The summed E-state index contributed by atoms with van der Waals surface area (Å²) in [7, 11) is -3.13. The summed E-state index contributed by atoms with van der Waals surface area (Å²) in [4.78, 5) is 33.8. The number of hydrogen-bond acceptors (Lipinski definition) is 5. The van der Waals surface area contributed by atoms with E-state index in [-0.39, 0.29) is 23.8 Å². The number of aromatic amines is 1. The maximum absolute atomic E-state index is 12.8. The molecule has 0 saturated carbocycles. The molecule has 0 spiro atoms. The van der Waals surface area contributed by atoms with Gasteiger partial charge in [0.15, 0.2) is 9.84 Å². The van der Waals surface area contributed by atoms with Crippen molar-refractivity contribution in [2.24, 2.45) is 0 Å². The fraction of sp³-hybridized carbons (Fsp3) is 0.250. The first kappa shape index (κ1) is 19.8. The van der Waals surface area contributed by atoms with Crippen LogP contribution in [0.3, 0.4) is 0 Å². The van der Waals surface area contributed by atoms with Crippen LogP contribution in [0, 0.1) is 0 Å². The molecule has 0 unspecified atom stereocenters. The Morgan fingerprint density at radius 2 is 1.79 bits per heavy atom. The zero-order valence-electron chi connectivity index (χ0n) is 15.7. The Balaban J connectivity index is 1.81. The van der Waals surface area contributed by atoms with Gasteiger partial charge in [0.25, 0.3) is 11.5 Å². The van der Waals surface area contributed by atoms with Crippen LogP contribution < -0.4 is 5.56 Å². The summed E-state index contributed by atoms with van der Waals surface area (Å²) in [6.07, 6.45) is 1.17. The Hall–Kier alpha value is -3.00. The van der Waals surface area contributed by atoms with Crippen LogP contribution in [0.4, 0.5) is 0 Å². The van der Waals surface area contributed by atoms with E-state index in [0.29, 0.717) is 34.4 Å². The monoisotopic (exact) mass is 399 g/mol. The molecule has 28 heavy (non-hydrogen) atoms. The molecule has 0 aliphatic heterocycles. The first-order valence-electron chi connectivity index (χ1n) is 8.80. The third kappa shape index (κ3) is 4.64. The van der Waals surface area contributed by atoms with Crippen LogP contribution in [0.15, 0.2) is 53.3 Å². The number of carbonyl (C=O) groups excluding carboxylic acids is 1. The molecule has 0 fully saturated rings. The zero-order valence-corrected chi connectivity index (χ0v) is 16.5. The maximum atomic E-state index is 12.8. The minimum atomic E-state index is -3.13. The summed E-state index contributed by atoms with van der Waals surface area (Å²) in [6, 6.07) is 13.5. The number of para-hydroxylation sites is 1. The van der Waals surface area contributed by atoms with Gasteiger partial charge in [0, 0.05) is 18.4 Å². The summed E-state index contributed by atoms with van der Waals surface area (Å²) in [5.74, 6) is 0.123. The molecule has 1 aromatic heterocycles. The number of benzene rings is 2. The number of amides is 1. The fourth-order valence-corrected chi connectivity index (χ4v) is 3.74. The van der Waals surface area contributed by atoms with Crippen molar-refractivity contribution in [1.82, 2.24) is 14.9 Å². The molecular formula is C20H21N3O4S. The predicted octanol–water partition coefficient (Wildman–Crippen LogP) is 2.13. The maximum Gasteiger partial charge on any atom is 0.258 e. The minimum Gasteiger partial charge on any atom is -0.331 e. The molecule has 0 aliphatic carbocycles. The van der Waals surface area contributed by atoms with Gasteiger partial charge in [-0.15, -0.1) is 0 Å². The number of nitrogens with zero attached hydrogens (tertiary/aromatic N) is 2. The van der Waals surface area contributed by atoms with Gasteiger partial charge >= 0.3 is 0 Å². The zero-order chi connectivity index (χ0) is 20.3. The van der Waals surface area contributed by atoms with Crippen molar-refractivity contribution in [3.8, 4) is 0 Å². The van der Waals surface area contributed by atoms with Gasteiger partial charge < -0.3 is 9.88 Å². The highest BCUT2D eigenvalue weighted by atomic mass is 32.2. The number of aromatic nitrogens is 2. The molecule has 1 amide bonds. The fourth-order valence-electron chi connectivity index (χ4n) is 2.95. The minimum absolute atomic E-state index is 0.0682. The highest BCUT2D eigenvalue weighted by Crippen LogP contribution is 2.12. The van der Waals surface area contributed by atoms with Crippen LogP contribution in [0.25, 0.3) is 10.9 Å². The second kappa shape index (κ2) is 7.93. The van der Waals surface area contributed by atoms with Gasteiger partial charge in [-0.3, -0.25) is 9.59 Å². The van der Waals surface area contributed by atoms with Gasteiger partial charge in [-0.1, -0.05) is 24.3 Å². The highest BCUT2D eigenvalue weighted by Gasteiger charge is 2.16. The largest absolute Gasteiger partial charge is 0.331 e. The van der Waals surface area contributed by atoms with Crippen molar-refractivity contribution in [2.45, 2.75) is 19.2 Å². The van der Waals surface area contributed by atoms with E-state index in [1.807, 2.05) is 6.92 Å². The average Bonchev–Trinajstić information content (AvgIpc) is 2.65. The number of hydrogen-bond donors (Lipinski definition) is 1. The van der Waals surface area contributed by atoms with E-state index in [0.717, 1.165) is 0 Å². The predicted molar refractivity (Wildman–Crippen MR) is 108 cm³/mol. The van der Waals surface area contributed by atoms with Crippen LogP contribution in [0.2, 0.25) is 0 Å². The third-order valence-corrected chi connectivity index (χ3v) is 5.16. The molecule has 8 heteroatoms. The number of H-pyrrole nitrogens is 1. The molecule has 0 atom stereocenters. The van der Waals surface area contributed by atoms with E-state index in [2.05, 4.69) is 9.97 Å². The van der Waals surface area contributed by atoms with Crippen LogP contribution in [0.5, 0.6) is 0 Å². The summed E-state index contributed by atoms with van der Waals surface area (Å²) in [6.45, 7) is 2.44. The Morgan fingerprint density at radius 3 is 2.43 bits per heavy atom. The number of carbonyl (C=O) groups is 1. The first-order valence-corrected chi connectivity index (χ1v) is 10.9. The van der Waals surface area contributed by atoms with E-state index in [1.165, 1.54) is 6.26 Å². The molecule has 3 aromatic rings. The van der Waals surface area contributed by atoms with Crippen LogP contribution >= 0.6 is 0 Å². The Kier molecular flexibility index (Phi) is 5.60. The summed E-state index contributed by atoms with van der Waals surface area (Å²) >= 11 is 0. The Morgan fingerprint density at radius 1 is 1.11 bits per heavy atom. The Bertz CT molecular complexity index is 1170.